The summed E-state index contributed by atoms with van der Waals surface area (Å²) in [6.07, 6.45) is 10.7. The molecule has 0 bridgehead atoms. The third-order valence-electron chi connectivity index (χ3n) is 2.77. The van der Waals surface area contributed by atoms with Crippen molar-refractivity contribution in [2.24, 2.45) is 0 Å². The number of rotatable bonds is 11. The molecule has 1 nitrogen and oxygen atoms in total. The van der Waals surface area contributed by atoms with Gasteiger partial charge >= 0.3 is 0 Å². The molecular weight excluding hydrogens is 206 g/mol. The van der Waals surface area contributed by atoms with Gasteiger partial charge in [0.2, 0.25) is 0 Å². The molecule has 0 aliphatic rings. The largest absolute Gasteiger partial charge is 0.315 e. The van der Waals surface area contributed by atoms with Gasteiger partial charge in [-0.25, -0.2) is 0 Å². The molecule has 1 unspecified atom stereocenters. The van der Waals surface area contributed by atoms with Crippen LogP contribution in [0.15, 0.2) is 0 Å². The summed E-state index contributed by atoms with van der Waals surface area (Å²) >= 11 is 6.00. The molecule has 92 valence electrons. The highest BCUT2D eigenvalue weighted by molar-refractivity contribution is 6.20. The van der Waals surface area contributed by atoms with Crippen LogP contribution in [0.2, 0.25) is 0 Å². The van der Waals surface area contributed by atoms with Crippen LogP contribution in [0.5, 0.6) is 0 Å². The third-order valence-corrected chi connectivity index (χ3v) is 3.23. The second-order valence-corrected chi connectivity index (χ2v) is 4.95. The molecule has 0 radical (unpaired) electrons. The van der Waals surface area contributed by atoms with Gasteiger partial charge in [-0.3, -0.25) is 0 Å². The molecule has 1 atom stereocenters. The zero-order valence-corrected chi connectivity index (χ0v) is 11.3. The molecular formula is C13H28ClN. The number of hydrogen-bond donors (Lipinski definition) is 1. The first kappa shape index (κ1) is 15.2. The van der Waals surface area contributed by atoms with Gasteiger partial charge in [0.25, 0.3) is 0 Å². The molecule has 0 aromatic carbocycles. The van der Waals surface area contributed by atoms with Crippen molar-refractivity contribution in [2.75, 3.05) is 13.1 Å². The van der Waals surface area contributed by atoms with Crippen molar-refractivity contribution >= 4 is 11.6 Å². The van der Waals surface area contributed by atoms with E-state index in [-0.39, 0.29) is 0 Å². The fourth-order valence-electron chi connectivity index (χ4n) is 1.61. The molecule has 0 spiro atoms. The van der Waals surface area contributed by atoms with E-state index in [4.69, 9.17) is 11.6 Å². The van der Waals surface area contributed by atoms with Gasteiger partial charge < -0.3 is 5.32 Å². The molecule has 2 heteroatoms. The maximum atomic E-state index is 6.00. The highest BCUT2D eigenvalue weighted by atomic mass is 35.5. The Labute approximate surface area is 101 Å². The van der Waals surface area contributed by atoms with Crippen LogP contribution in [-0.2, 0) is 0 Å². The summed E-state index contributed by atoms with van der Waals surface area (Å²) in [6, 6.07) is 0. The van der Waals surface area contributed by atoms with E-state index in [1.54, 1.807) is 0 Å². The molecule has 0 fully saturated rings. The van der Waals surface area contributed by atoms with E-state index in [1.807, 2.05) is 0 Å². The van der Waals surface area contributed by atoms with Crippen LogP contribution >= 0.6 is 11.6 Å². The summed E-state index contributed by atoms with van der Waals surface area (Å²) < 4.78 is 0. The van der Waals surface area contributed by atoms with Crippen molar-refractivity contribution in [3.63, 3.8) is 0 Å². The minimum Gasteiger partial charge on any atom is -0.315 e. The number of halogens is 1. The number of alkyl halides is 1. The molecule has 0 amide bonds. The van der Waals surface area contributed by atoms with Crippen LogP contribution in [0.3, 0.4) is 0 Å². The lowest BCUT2D eigenvalue weighted by Gasteiger charge is -2.07. The van der Waals surface area contributed by atoms with Gasteiger partial charge in [-0.1, -0.05) is 52.4 Å². The van der Waals surface area contributed by atoms with E-state index in [1.165, 1.54) is 44.9 Å². The highest BCUT2D eigenvalue weighted by Gasteiger charge is 1.98. The summed E-state index contributed by atoms with van der Waals surface area (Å²) in [6.45, 7) is 6.50. The standard InChI is InChI=1S/C13H28ClN/c1-3-5-6-7-8-9-10-11-15-12-13(14)4-2/h13,15H,3-12H2,1-2H3. The normalized spacial score (nSPS) is 13.0. The minimum absolute atomic E-state index is 0.314. The van der Waals surface area contributed by atoms with Crippen molar-refractivity contribution in [1.82, 2.24) is 5.32 Å². The summed E-state index contributed by atoms with van der Waals surface area (Å²) in [5.74, 6) is 0. The van der Waals surface area contributed by atoms with Gasteiger partial charge in [0, 0.05) is 11.9 Å². The summed E-state index contributed by atoms with van der Waals surface area (Å²) in [4.78, 5) is 0. The minimum atomic E-state index is 0.314. The first-order chi connectivity index (χ1) is 7.31. The quantitative estimate of drug-likeness (QED) is 0.414. The molecule has 0 aromatic rings. The van der Waals surface area contributed by atoms with E-state index in [2.05, 4.69) is 19.2 Å². The first-order valence-electron chi connectivity index (χ1n) is 6.66. The predicted octanol–water partition coefficient (Wildman–Crippen LogP) is 4.34. The zero-order chi connectivity index (χ0) is 11.4. The van der Waals surface area contributed by atoms with E-state index >= 15 is 0 Å². The first-order valence-corrected chi connectivity index (χ1v) is 7.09. The van der Waals surface area contributed by atoms with Crippen molar-refractivity contribution in [1.29, 1.82) is 0 Å². The lowest BCUT2D eigenvalue weighted by molar-refractivity contribution is 0.557. The fraction of sp³-hybridized carbons (Fsp3) is 1.00. The van der Waals surface area contributed by atoms with Crippen LogP contribution in [0.25, 0.3) is 0 Å². The molecule has 0 heterocycles. The topological polar surface area (TPSA) is 12.0 Å². The van der Waals surface area contributed by atoms with Crippen LogP contribution in [0, 0.1) is 0 Å². The van der Waals surface area contributed by atoms with Crippen molar-refractivity contribution < 1.29 is 0 Å². The zero-order valence-electron chi connectivity index (χ0n) is 10.5. The Kier molecular flexibility index (Phi) is 12.5. The Morgan fingerprint density at radius 3 is 2.13 bits per heavy atom. The Balaban J connectivity index is 2.92. The predicted molar refractivity (Wildman–Crippen MR) is 70.8 cm³/mol. The van der Waals surface area contributed by atoms with Crippen LogP contribution in [-0.4, -0.2) is 18.5 Å². The van der Waals surface area contributed by atoms with Gasteiger partial charge in [-0.15, -0.1) is 11.6 Å². The highest BCUT2D eigenvalue weighted by Crippen LogP contribution is 2.06. The molecule has 0 rings (SSSR count). The summed E-state index contributed by atoms with van der Waals surface area (Å²) in [7, 11) is 0. The Bertz CT molecular complexity index is 117. The van der Waals surface area contributed by atoms with Crippen LogP contribution in [0.4, 0.5) is 0 Å². The van der Waals surface area contributed by atoms with Gasteiger partial charge in [0.05, 0.1) is 0 Å². The lowest BCUT2D eigenvalue weighted by atomic mass is 10.1. The van der Waals surface area contributed by atoms with E-state index in [0.717, 1.165) is 19.5 Å². The molecule has 0 aliphatic carbocycles. The van der Waals surface area contributed by atoms with Crippen LogP contribution in [0.1, 0.15) is 65.2 Å². The number of nitrogens with one attached hydrogen (secondary N) is 1. The fourth-order valence-corrected chi connectivity index (χ4v) is 1.72. The number of hydrogen-bond acceptors (Lipinski definition) is 1. The van der Waals surface area contributed by atoms with E-state index in [0.29, 0.717) is 5.38 Å². The van der Waals surface area contributed by atoms with Gasteiger partial charge in [0.15, 0.2) is 0 Å². The van der Waals surface area contributed by atoms with E-state index in [9.17, 15) is 0 Å². The van der Waals surface area contributed by atoms with Gasteiger partial charge in [-0.2, -0.15) is 0 Å². The molecule has 0 saturated heterocycles. The van der Waals surface area contributed by atoms with Crippen molar-refractivity contribution in [2.45, 2.75) is 70.6 Å². The van der Waals surface area contributed by atoms with E-state index < -0.39 is 0 Å². The second-order valence-electron chi connectivity index (χ2n) is 4.33. The number of unbranched alkanes of at least 4 members (excludes halogenated alkanes) is 6. The Morgan fingerprint density at radius 1 is 0.933 bits per heavy atom. The maximum absolute atomic E-state index is 6.00. The molecule has 0 aliphatic heterocycles. The molecule has 0 aromatic heterocycles. The van der Waals surface area contributed by atoms with Gasteiger partial charge in [0.1, 0.15) is 0 Å². The third kappa shape index (κ3) is 12.2. The monoisotopic (exact) mass is 233 g/mol. The lowest BCUT2D eigenvalue weighted by Crippen LogP contribution is -2.23. The molecule has 15 heavy (non-hydrogen) atoms. The molecule has 0 saturated carbocycles. The average molecular weight is 234 g/mol. The smallest absolute Gasteiger partial charge is 0.0458 e. The average Bonchev–Trinajstić information content (AvgIpc) is 2.26. The maximum Gasteiger partial charge on any atom is 0.0458 e. The second kappa shape index (κ2) is 12.3. The summed E-state index contributed by atoms with van der Waals surface area (Å²) in [5, 5.41) is 3.72. The van der Waals surface area contributed by atoms with Crippen molar-refractivity contribution in [3.05, 3.63) is 0 Å². The molecule has 1 N–H and O–H groups in total. The summed E-state index contributed by atoms with van der Waals surface area (Å²) in [5.41, 5.74) is 0. The van der Waals surface area contributed by atoms with Crippen molar-refractivity contribution in [3.8, 4) is 0 Å². The Hall–Kier alpha value is 0.250. The van der Waals surface area contributed by atoms with Crippen LogP contribution < -0.4 is 5.32 Å². The SMILES string of the molecule is CCCCCCCCCNCC(Cl)CC. The Morgan fingerprint density at radius 2 is 1.53 bits per heavy atom. The van der Waals surface area contributed by atoms with Gasteiger partial charge in [-0.05, 0) is 19.4 Å².